The summed E-state index contributed by atoms with van der Waals surface area (Å²) in [6.07, 6.45) is 3.42. The van der Waals surface area contributed by atoms with Crippen LogP contribution in [0.25, 0.3) is 0 Å². The highest BCUT2D eigenvalue weighted by molar-refractivity contribution is 5.85. The van der Waals surface area contributed by atoms with Crippen molar-refractivity contribution in [1.29, 1.82) is 0 Å². The van der Waals surface area contributed by atoms with Crippen LogP contribution >= 0.6 is 0 Å². The predicted octanol–water partition coefficient (Wildman–Crippen LogP) is 3.86. The van der Waals surface area contributed by atoms with Crippen LogP contribution in [0.3, 0.4) is 0 Å². The Labute approximate surface area is 136 Å². The molecule has 1 heterocycles. The molecule has 0 atom stereocenters. The molecular formula is C17H24N4O2. The molecule has 0 radical (unpaired) electrons. The summed E-state index contributed by atoms with van der Waals surface area (Å²) in [6.45, 7) is 9.13. The van der Waals surface area contributed by atoms with Gasteiger partial charge in [-0.1, -0.05) is 0 Å². The minimum absolute atomic E-state index is 0.454. The van der Waals surface area contributed by atoms with Gasteiger partial charge in [0.1, 0.15) is 5.60 Å². The number of nitrogens with one attached hydrogen (secondary N) is 2. The molecule has 6 heteroatoms. The zero-order valence-electron chi connectivity index (χ0n) is 14.1. The van der Waals surface area contributed by atoms with Gasteiger partial charge in [0.15, 0.2) is 0 Å². The number of carbonyl (C=O) groups excluding carboxylic acids is 1. The minimum Gasteiger partial charge on any atom is -0.444 e. The molecule has 1 aromatic heterocycles. The number of carbonyl (C=O) groups is 1. The summed E-state index contributed by atoms with van der Waals surface area (Å²) in [5, 5.41) is 10.3. The SMILES string of the molecule is CCn1cc(CNc2ccc(NC(=O)OC(C)(C)C)cc2)cn1. The highest BCUT2D eigenvalue weighted by atomic mass is 16.6. The standard InChI is InChI=1S/C17H24N4O2/c1-5-21-12-13(11-19-21)10-18-14-6-8-15(9-7-14)20-16(22)23-17(2,3)4/h6-9,11-12,18H,5,10H2,1-4H3,(H,20,22). The van der Waals surface area contributed by atoms with Crippen LogP contribution in [0, 0.1) is 0 Å². The van der Waals surface area contributed by atoms with Crippen molar-refractivity contribution in [2.75, 3.05) is 10.6 Å². The molecule has 0 saturated heterocycles. The second kappa shape index (κ2) is 7.17. The molecule has 0 saturated carbocycles. The number of amides is 1. The van der Waals surface area contributed by atoms with Crippen LogP contribution in [0.1, 0.15) is 33.3 Å². The lowest BCUT2D eigenvalue weighted by Gasteiger charge is -2.19. The molecule has 2 rings (SSSR count). The number of rotatable bonds is 5. The number of aromatic nitrogens is 2. The molecule has 23 heavy (non-hydrogen) atoms. The summed E-state index contributed by atoms with van der Waals surface area (Å²) in [5.74, 6) is 0. The summed E-state index contributed by atoms with van der Waals surface area (Å²) in [6, 6.07) is 7.50. The topological polar surface area (TPSA) is 68.2 Å². The average molecular weight is 316 g/mol. The van der Waals surface area contributed by atoms with Crippen molar-refractivity contribution in [3.8, 4) is 0 Å². The van der Waals surface area contributed by atoms with E-state index in [2.05, 4.69) is 22.7 Å². The van der Waals surface area contributed by atoms with Gasteiger partial charge in [0.05, 0.1) is 6.20 Å². The summed E-state index contributed by atoms with van der Waals surface area (Å²) in [4.78, 5) is 11.7. The smallest absolute Gasteiger partial charge is 0.412 e. The third-order valence-electron chi connectivity index (χ3n) is 3.04. The maximum Gasteiger partial charge on any atom is 0.412 e. The van der Waals surface area contributed by atoms with Crippen molar-refractivity contribution in [3.63, 3.8) is 0 Å². The molecular weight excluding hydrogens is 292 g/mol. The molecule has 1 amide bonds. The minimum atomic E-state index is -0.505. The van der Waals surface area contributed by atoms with E-state index < -0.39 is 11.7 Å². The van der Waals surface area contributed by atoms with Crippen LogP contribution in [0.4, 0.5) is 16.2 Å². The Kier molecular flexibility index (Phi) is 5.26. The van der Waals surface area contributed by atoms with E-state index in [-0.39, 0.29) is 0 Å². The fourth-order valence-electron chi connectivity index (χ4n) is 1.97. The average Bonchev–Trinajstić information content (AvgIpc) is 2.92. The number of anilines is 2. The second-order valence-electron chi connectivity index (χ2n) is 6.26. The molecule has 0 bridgehead atoms. The first-order valence-electron chi connectivity index (χ1n) is 7.71. The summed E-state index contributed by atoms with van der Waals surface area (Å²) >= 11 is 0. The van der Waals surface area contributed by atoms with Gasteiger partial charge in [-0.3, -0.25) is 10.00 Å². The molecule has 0 fully saturated rings. The quantitative estimate of drug-likeness (QED) is 0.879. The Morgan fingerprint density at radius 2 is 1.87 bits per heavy atom. The third kappa shape index (κ3) is 5.65. The van der Waals surface area contributed by atoms with E-state index in [1.807, 2.05) is 62.1 Å². The van der Waals surface area contributed by atoms with Gasteiger partial charge in [-0.2, -0.15) is 5.10 Å². The number of aryl methyl sites for hydroxylation is 1. The van der Waals surface area contributed by atoms with Gasteiger partial charge in [0, 0.05) is 36.2 Å². The summed E-state index contributed by atoms with van der Waals surface area (Å²) in [7, 11) is 0. The van der Waals surface area contributed by atoms with Crippen molar-refractivity contribution >= 4 is 17.5 Å². The lowest BCUT2D eigenvalue weighted by molar-refractivity contribution is 0.0636. The van der Waals surface area contributed by atoms with Crippen molar-refractivity contribution in [3.05, 3.63) is 42.2 Å². The number of nitrogens with zero attached hydrogens (tertiary/aromatic N) is 2. The zero-order chi connectivity index (χ0) is 16.9. The number of hydrogen-bond acceptors (Lipinski definition) is 4. The van der Waals surface area contributed by atoms with Crippen molar-refractivity contribution < 1.29 is 9.53 Å². The highest BCUT2D eigenvalue weighted by Gasteiger charge is 2.15. The van der Waals surface area contributed by atoms with Crippen LogP contribution < -0.4 is 10.6 Å². The molecule has 124 valence electrons. The zero-order valence-corrected chi connectivity index (χ0v) is 14.1. The van der Waals surface area contributed by atoms with Crippen LogP contribution in [0.15, 0.2) is 36.7 Å². The predicted molar refractivity (Wildman–Crippen MR) is 91.5 cm³/mol. The maximum atomic E-state index is 11.7. The van der Waals surface area contributed by atoms with E-state index in [1.165, 1.54) is 0 Å². The maximum absolute atomic E-state index is 11.7. The van der Waals surface area contributed by atoms with Gasteiger partial charge in [-0.25, -0.2) is 4.79 Å². The monoisotopic (exact) mass is 316 g/mol. The molecule has 6 nitrogen and oxygen atoms in total. The van der Waals surface area contributed by atoms with E-state index >= 15 is 0 Å². The molecule has 2 N–H and O–H groups in total. The van der Waals surface area contributed by atoms with Crippen LogP contribution in [0.2, 0.25) is 0 Å². The summed E-state index contributed by atoms with van der Waals surface area (Å²) < 4.78 is 7.11. The number of ether oxygens (including phenoxy) is 1. The number of benzene rings is 1. The molecule has 1 aromatic carbocycles. The first kappa shape index (κ1) is 16.9. The third-order valence-corrected chi connectivity index (χ3v) is 3.04. The van der Waals surface area contributed by atoms with Crippen molar-refractivity contribution in [2.45, 2.75) is 46.4 Å². The van der Waals surface area contributed by atoms with Gasteiger partial charge < -0.3 is 10.1 Å². The van der Waals surface area contributed by atoms with Crippen LogP contribution in [0.5, 0.6) is 0 Å². The first-order valence-corrected chi connectivity index (χ1v) is 7.71. The molecule has 2 aromatic rings. The van der Waals surface area contributed by atoms with E-state index in [0.29, 0.717) is 12.2 Å². The molecule has 0 aliphatic carbocycles. The Morgan fingerprint density at radius 1 is 1.22 bits per heavy atom. The van der Waals surface area contributed by atoms with Crippen LogP contribution in [-0.2, 0) is 17.8 Å². The number of hydrogen-bond donors (Lipinski definition) is 2. The van der Waals surface area contributed by atoms with Crippen LogP contribution in [-0.4, -0.2) is 21.5 Å². The van der Waals surface area contributed by atoms with Gasteiger partial charge >= 0.3 is 6.09 Å². The summed E-state index contributed by atoms with van der Waals surface area (Å²) in [5.41, 5.74) is 2.30. The lowest BCUT2D eigenvalue weighted by atomic mass is 10.2. The van der Waals surface area contributed by atoms with Gasteiger partial charge in [-0.15, -0.1) is 0 Å². The fraction of sp³-hybridized carbons (Fsp3) is 0.412. The Morgan fingerprint density at radius 3 is 2.43 bits per heavy atom. The second-order valence-corrected chi connectivity index (χ2v) is 6.26. The van der Waals surface area contributed by atoms with Gasteiger partial charge in [0.2, 0.25) is 0 Å². The van der Waals surface area contributed by atoms with Crippen molar-refractivity contribution in [2.24, 2.45) is 0 Å². The first-order chi connectivity index (χ1) is 10.9. The molecule has 0 aliphatic heterocycles. The lowest BCUT2D eigenvalue weighted by Crippen LogP contribution is -2.27. The molecule has 0 aliphatic rings. The fourth-order valence-corrected chi connectivity index (χ4v) is 1.97. The Bertz CT molecular complexity index is 641. The van der Waals surface area contributed by atoms with Crippen molar-refractivity contribution in [1.82, 2.24) is 9.78 Å². The molecule has 0 unspecified atom stereocenters. The molecule has 0 spiro atoms. The van der Waals surface area contributed by atoms with E-state index in [1.54, 1.807) is 0 Å². The van der Waals surface area contributed by atoms with Gasteiger partial charge in [0.25, 0.3) is 0 Å². The van der Waals surface area contributed by atoms with E-state index in [9.17, 15) is 4.79 Å². The Balaban J connectivity index is 1.85. The van der Waals surface area contributed by atoms with Gasteiger partial charge in [-0.05, 0) is 52.0 Å². The largest absolute Gasteiger partial charge is 0.444 e. The Hall–Kier alpha value is -2.50. The highest BCUT2D eigenvalue weighted by Crippen LogP contribution is 2.16. The van der Waals surface area contributed by atoms with E-state index in [0.717, 1.165) is 17.8 Å². The van der Waals surface area contributed by atoms with E-state index in [4.69, 9.17) is 4.74 Å². The normalized spacial score (nSPS) is 11.1.